The topological polar surface area (TPSA) is 89.7 Å². The Balaban J connectivity index is 1.51. The maximum absolute atomic E-state index is 13.6. The zero-order valence-electron chi connectivity index (χ0n) is 21.2. The van der Waals surface area contributed by atoms with Crippen LogP contribution in [-0.2, 0) is 0 Å². The van der Waals surface area contributed by atoms with Crippen LogP contribution in [0.2, 0.25) is 0 Å². The highest BCUT2D eigenvalue weighted by Gasteiger charge is 2.23. The molecule has 1 amide bonds. The first-order valence-electron chi connectivity index (χ1n) is 12.0. The van der Waals surface area contributed by atoms with Crippen LogP contribution in [0.15, 0.2) is 91.0 Å². The average Bonchev–Trinajstić information content (AvgIpc) is 3.34. The van der Waals surface area contributed by atoms with Gasteiger partial charge in [-0.15, -0.1) is 0 Å². The van der Waals surface area contributed by atoms with Gasteiger partial charge in [0.05, 0.1) is 27.0 Å². The number of para-hydroxylation sites is 1. The van der Waals surface area contributed by atoms with E-state index in [-0.39, 0.29) is 11.3 Å². The Labute approximate surface area is 220 Å². The molecule has 7 nitrogen and oxygen atoms in total. The number of methoxy groups -OCH3 is 3. The summed E-state index contributed by atoms with van der Waals surface area (Å²) in [6.07, 6.45) is 0. The third-order valence-corrected chi connectivity index (χ3v) is 6.35. The van der Waals surface area contributed by atoms with Crippen LogP contribution in [0.1, 0.15) is 26.4 Å². The lowest BCUT2D eigenvalue weighted by Gasteiger charge is -2.14. The number of ketones is 1. The number of hydrogen-bond acceptors (Lipinski definition) is 5. The van der Waals surface area contributed by atoms with Crippen LogP contribution >= 0.6 is 0 Å². The van der Waals surface area contributed by atoms with Crippen LogP contribution < -0.4 is 19.5 Å². The van der Waals surface area contributed by atoms with Gasteiger partial charge in [-0.3, -0.25) is 9.59 Å². The molecule has 5 rings (SSSR count). The lowest BCUT2D eigenvalue weighted by atomic mass is 10.0. The average molecular weight is 507 g/mol. The third kappa shape index (κ3) is 4.57. The number of fused-ring (bicyclic) bond motifs is 1. The fourth-order valence-electron chi connectivity index (χ4n) is 4.43. The van der Waals surface area contributed by atoms with E-state index in [1.54, 1.807) is 24.3 Å². The molecule has 1 heterocycles. The molecule has 38 heavy (non-hydrogen) atoms. The zero-order chi connectivity index (χ0) is 26.6. The molecule has 0 aliphatic heterocycles. The lowest BCUT2D eigenvalue weighted by Crippen LogP contribution is -2.15. The molecule has 5 aromatic rings. The second kappa shape index (κ2) is 10.5. The van der Waals surface area contributed by atoms with Crippen molar-refractivity contribution < 1.29 is 23.8 Å². The van der Waals surface area contributed by atoms with Gasteiger partial charge in [-0.05, 0) is 29.3 Å². The van der Waals surface area contributed by atoms with Gasteiger partial charge in [0.25, 0.3) is 5.91 Å². The fourth-order valence-corrected chi connectivity index (χ4v) is 4.43. The number of aromatic nitrogens is 1. The summed E-state index contributed by atoms with van der Waals surface area (Å²) < 4.78 is 16.1. The van der Waals surface area contributed by atoms with E-state index >= 15 is 0 Å². The first-order valence-corrected chi connectivity index (χ1v) is 12.0. The molecule has 0 aliphatic carbocycles. The van der Waals surface area contributed by atoms with Gasteiger partial charge in [0.15, 0.2) is 11.5 Å². The minimum Gasteiger partial charge on any atom is -0.493 e. The van der Waals surface area contributed by atoms with Gasteiger partial charge >= 0.3 is 0 Å². The zero-order valence-corrected chi connectivity index (χ0v) is 21.2. The van der Waals surface area contributed by atoms with Crippen molar-refractivity contribution in [1.29, 1.82) is 0 Å². The molecule has 0 fully saturated rings. The van der Waals surface area contributed by atoms with Gasteiger partial charge in [-0.2, -0.15) is 0 Å². The molecule has 1 aromatic heterocycles. The molecule has 0 atom stereocenters. The Kier molecular flexibility index (Phi) is 6.82. The number of rotatable bonds is 8. The van der Waals surface area contributed by atoms with Crippen molar-refractivity contribution in [1.82, 2.24) is 4.98 Å². The number of carbonyl (C=O) groups is 2. The Morgan fingerprint density at radius 1 is 0.684 bits per heavy atom. The van der Waals surface area contributed by atoms with E-state index < -0.39 is 5.91 Å². The minimum absolute atomic E-state index is 0.235. The maximum Gasteiger partial charge on any atom is 0.256 e. The first kappa shape index (κ1) is 24.6. The van der Waals surface area contributed by atoms with E-state index in [0.717, 1.165) is 22.0 Å². The quantitative estimate of drug-likeness (QED) is 0.240. The number of hydrogen-bond donors (Lipinski definition) is 2. The summed E-state index contributed by atoms with van der Waals surface area (Å²) in [5.41, 5.74) is 4.29. The number of H-pyrrole nitrogens is 1. The molecule has 0 radical (unpaired) electrons. The van der Waals surface area contributed by atoms with E-state index in [1.165, 1.54) is 21.3 Å². The van der Waals surface area contributed by atoms with Crippen molar-refractivity contribution in [3.63, 3.8) is 0 Å². The summed E-state index contributed by atoms with van der Waals surface area (Å²) in [7, 11) is 4.47. The Morgan fingerprint density at radius 2 is 1.29 bits per heavy atom. The van der Waals surface area contributed by atoms with E-state index in [4.69, 9.17) is 14.2 Å². The van der Waals surface area contributed by atoms with Gasteiger partial charge in [0.2, 0.25) is 11.5 Å². The molecule has 0 saturated heterocycles. The fraction of sp³-hybridized carbons (Fsp3) is 0.0968. The van der Waals surface area contributed by atoms with Crippen LogP contribution in [-0.4, -0.2) is 38.0 Å². The highest BCUT2D eigenvalue weighted by Crippen LogP contribution is 2.39. The number of ether oxygens (including phenoxy) is 3. The Morgan fingerprint density at radius 3 is 1.92 bits per heavy atom. The molecular formula is C31H26N2O5. The third-order valence-electron chi connectivity index (χ3n) is 6.35. The molecule has 7 heteroatoms. The standard InChI is InChI=1S/C31H26N2O5/c1-36-25-17-22(18-26(37-2)30(25)38-3)31(35)33-27-23-11-7-8-12-24(23)32-28(27)29(34)21-15-13-20(14-16-21)19-9-5-4-6-10-19/h4-18,32H,1-3H3,(H,33,35). The highest BCUT2D eigenvalue weighted by molar-refractivity contribution is 6.20. The highest BCUT2D eigenvalue weighted by atomic mass is 16.5. The number of carbonyl (C=O) groups excluding carboxylic acids is 2. The van der Waals surface area contributed by atoms with Gasteiger partial charge in [0, 0.05) is 22.0 Å². The Hall–Kier alpha value is -5.04. The molecule has 0 bridgehead atoms. The van der Waals surface area contributed by atoms with Crippen LogP contribution in [0.3, 0.4) is 0 Å². The van der Waals surface area contributed by atoms with E-state index in [9.17, 15) is 9.59 Å². The summed E-state index contributed by atoms with van der Waals surface area (Å²) in [6, 6.07) is 27.9. The molecule has 4 aromatic carbocycles. The van der Waals surface area contributed by atoms with E-state index in [2.05, 4.69) is 10.3 Å². The summed E-state index contributed by atoms with van der Waals surface area (Å²) in [5, 5.41) is 3.65. The van der Waals surface area contributed by atoms with Crippen LogP contribution in [0.5, 0.6) is 17.2 Å². The van der Waals surface area contributed by atoms with Gasteiger partial charge < -0.3 is 24.5 Å². The largest absolute Gasteiger partial charge is 0.493 e. The molecule has 2 N–H and O–H groups in total. The SMILES string of the molecule is COc1cc(C(=O)Nc2c(C(=O)c3ccc(-c4ccccc4)cc3)[nH]c3ccccc23)cc(OC)c1OC. The predicted octanol–water partition coefficient (Wildman–Crippen LogP) is 6.34. The summed E-state index contributed by atoms with van der Waals surface area (Å²) >= 11 is 0. The van der Waals surface area contributed by atoms with Gasteiger partial charge in [0.1, 0.15) is 5.69 Å². The van der Waals surface area contributed by atoms with Crippen molar-refractivity contribution in [3.8, 4) is 28.4 Å². The monoisotopic (exact) mass is 506 g/mol. The predicted molar refractivity (Wildman–Crippen MR) is 148 cm³/mol. The lowest BCUT2D eigenvalue weighted by molar-refractivity contribution is 0.102. The molecule has 0 saturated carbocycles. The molecule has 0 aliphatic rings. The second-order valence-electron chi connectivity index (χ2n) is 8.56. The van der Waals surface area contributed by atoms with Gasteiger partial charge in [-0.1, -0.05) is 72.8 Å². The second-order valence-corrected chi connectivity index (χ2v) is 8.56. The van der Waals surface area contributed by atoms with Crippen molar-refractivity contribution in [2.45, 2.75) is 0 Å². The van der Waals surface area contributed by atoms with Crippen LogP contribution in [0.4, 0.5) is 5.69 Å². The normalized spacial score (nSPS) is 10.7. The number of nitrogens with one attached hydrogen (secondary N) is 2. The van der Waals surface area contributed by atoms with E-state index in [1.807, 2.05) is 66.7 Å². The molecule has 190 valence electrons. The number of benzene rings is 4. The molecular weight excluding hydrogens is 480 g/mol. The molecule has 0 spiro atoms. The summed E-state index contributed by atoms with van der Waals surface area (Å²) in [5.74, 6) is 0.424. The van der Waals surface area contributed by atoms with Crippen molar-refractivity contribution in [3.05, 3.63) is 108 Å². The number of anilines is 1. The van der Waals surface area contributed by atoms with Crippen LogP contribution in [0.25, 0.3) is 22.0 Å². The number of aromatic amines is 1. The van der Waals surface area contributed by atoms with Crippen molar-refractivity contribution in [2.24, 2.45) is 0 Å². The summed E-state index contributed by atoms with van der Waals surface area (Å²) in [4.78, 5) is 30.3. The maximum atomic E-state index is 13.6. The summed E-state index contributed by atoms with van der Waals surface area (Å²) in [6.45, 7) is 0. The van der Waals surface area contributed by atoms with Crippen molar-refractivity contribution in [2.75, 3.05) is 26.6 Å². The smallest absolute Gasteiger partial charge is 0.256 e. The number of amides is 1. The van der Waals surface area contributed by atoms with Crippen LogP contribution in [0, 0.1) is 0 Å². The van der Waals surface area contributed by atoms with Gasteiger partial charge in [-0.25, -0.2) is 0 Å². The Bertz CT molecular complexity index is 1600. The van der Waals surface area contributed by atoms with Crippen molar-refractivity contribution >= 4 is 28.3 Å². The first-order chi connectivity index (χ1) is 18.5. The molecule has 0 unspecified atom stereocenters. The minimum atomic E-state index is -0.428. The van der Waals surface area contributed by atoms with E-state index in [0.29, 0.717) is 34.2 Å².